The number of aromatic nitrogens is 4. The largest absolute Gasteiger partial charge is 0.333 e. The lowest BCUT2D eigenvalue weighted by atomic mass is 9.79. The third-order valence-electron chi connectivity index (χ3n) is 8.06. The van der Waals surface area contributed by atoms with E-state index in [1.807, 2.05) is 61.1 Å². The van der Waals surface area contributed by atoms with Crippen LogP contribution in [0.4, 0.5) is 8.78 Å². The number of rotatable bonds is 5. The molecule has 6 rings (SSSR count). The van der Waals surface area contributed by atoms with Crippen LogP contribution in [0.2, 0.25) is 0 Å². The molecule has 39 heavy (non-hydrogen) atoms. The fraction of sp³-hybridized carbons (Fsp3) is 0.333. The number of fused-ring (bicyclic) bond motifs is 3. The third-order valence-corrected chi connectivity index (χ3v) is 9.17. The van der Waals surface area contributed by atoms with Gasteiger partial charge in [-0.15, -0.1) is 0 Å². The van der Waals surface area contributed by atoms with Crippen LogP contribution in [0.15, 0.2) is 72.0 Å². The Morgan fingerprint density at radius 1 is 1.00 bits per heavy atom. The lowest BCUT2D eigenvalue weighted by Gasteiger charge is -2.35. The van der Waals surface area contributed by atoms with Gasteiger partial charge in [0.1, 0.15) is 0 Å². The fourth-order valence-corrected chi connectivity index (χ4v) is 6.81. The molecule has 5 aromatic rings. The Balaban J connectivity index is 1.68. The molecule has 0 bridgehead atoms. The quantitative estimate of drug-likeness (QED) is 0.245. The van der Waals surface area contributed by atoms with Gasteiger partial charge in [0.15, 0.2) is 9.84 Å². The first-order valence-corrected chi connectivity index (χ1v) is 15.0. The van der Waals surface area contributed by atoms with Crippen molar-refractivity contribution in [3.63, 3.8) is 0 Å². The number of nitrogens with zero attached hydrogens (tertiary/aromatic N) is 4. The van der Waals surface area contributed by atoms with Crippen molar-refractivity contribution in [3.8, 4) is 11.3 Å². The molecule has 1 aliphatic rings. The molecule has 0 saturated heterocycles. The van der Waals surface area contributed by atoms with E-state index in [2.05, 4.69) is 15.6 Å². The van der Waals surface area contributed by atoms with Crippen LogP contribution < -0.4 is 0 Å². The molecular weight excluding hydrogens is 518 g/mol. The van der Waals surface area contributed by atoms with Crippen molar-refractivity contribution in [1.82, 2.24) is 19.1 Å². The second-order valence-corrected chi connectivity index (χ2v) is 12.8. The average Bonchev–Trinajstić information content (AvgIpc) is 3.40. The van der Waals surface area contributed by atoms with E-state index in [1.54, 1.807) is 18.5 Å². The summed E-state index contributed by atoms with van der Waals surface area (Å²) in [6.07, 6.45) is 5.19. The van der Waals surface area contributed by atoms with Gasteiger partial charge >= 0.3 is 0 Å². The van der Waals surface area contributed by atoms with Crippen molar-refractivity contribution in [2.45, 2.75) is 49.5 Å². The maximum absolute atomic E-state index is 14.3. The highest BCUT2D eigenvalue weighted by molar-refractivity contribution is 7.90. The zero-order valence-corrected chi connectivity index (χ0v) is 22.9. The highest BCUT2D eigenvalue weighted by Gasteiger charge is 2.39. The first-order chi connectivity index (χ1) is 18.5. The third kappa shape index (κ3) is 4.52. The lowest BCUT2D eigenvalue weighted by Crippen LogP contribution is -2.30. The summed E-state index contributed by atoms with van der Waals surface area (Å²) < 4.78 is 57.8. The van der Waals surface area contributed by atoms with Gasteiger partial charge in [-0.1, -0.05) is 30.3 Å². The number of alkyl halides is 2. The van der Waals surface area contributed by atoms with Crippen LogP contribution >= 0.6 is 0 Å². The van der Waals surface area contributed by atoms with Crippen LogP contribution in [0.3, 0.4) is 0 Å². The molecule has 0 aliphatic heterocycles. The lowest BCUT2D eigenvalue weighted by molar-refractivity contribution is -0.0493. The Morgan fingerprint density at radius 3 is 2.36 bits per heavy atom. The van der Waals surface area contributed by atoms with Gasteiger partial charge in [-0.25, -0.2) is 22.2 Å². The summed E-state index contributed by atoms with van der Waals surface area (Å²) in [6.45, 7) is 1.95. The number of halogens is 2. The van der Waals surface area contributed by atoms with Crippen LogP contribution in [0.5, 0.6) is 0 Å². The topological polar surface area (TPSA) is 69.8 Å². The maximum Gasteiger partial charge on any atom is 0.248 e. The fourth-order valence-electron chi connectivity index (χ4n) is 6.17. The molecule has 1 fully saturated rings. The van der Waals surface area contributed by atoms with Gasteiger partial charge in [0, 0.05) is 43.3 Å². The number of hydrogen-bond donors (Lipinski definition) is 0. The maximum atomic E-state index is 14.3. The summed E-state index contributed by atoms with van der Waals surface area (Å²) in [5.41, 5.74) is 6.00. The molecule has 2 aromatic carbocycles. The minimum atomic E-state index is -3.48. The van der Waals surface area contributed by atoms with Crippen LogP contribution in [-0.2, 0) is 16.9 Å². The number of sulfone groups is 1. The summed E-state index contributed by atoms with van der Waals surface area (Å²) in [7, 11) is -1.55. The van der Waals surface area contributed by atoms with Gasteiger partial charge < -0.3 is 9.13 Å². The van der Waals surface area contributed by atoms with Gasteiger partial charge in [-0.05, 0) is 55.5 Å². The predicted molar refractivity (Wildman–Crippen MR) is 149 cm³/mol. The highest BCUT2D eigenvalue weighted by Crippen LogP contribution is 2.46. The number of pyridine rings is 1. The molecule has 6 nitrogen and oxygen atoms in total. The second kappa shape index (κ2) is 9.26. The molecule has 0 radical (unpaired) electrons. The van der Waals surface area contributed by atoms with E-state index in [0.717, 1.165) is 44.5 Å². The predicted octanol–water partition coefficient (Wildman–Crippen LogP) is 6.72. The van der Waals surface area contributed by atoms with Crippen LogP contribution in [0, 0.1) is 12.8 Å². The Hall–Kier alpha value is -3.59. The molecule has 3 heterocycles. The average molecular weight is 549 g/mol. The van der Waals surface area contributed by atoms with Crippen LogP contribution in [0.1, 0.15) is 43.0 Å². The van der Waals surface area contributed by atoms with Crippen LogP contribution in [0.25, 0.3) is 33.2 Å². The van der Waals surface area contributed by atoms with Crippen LogP contribution in [-0.4, -0.2) is 39.7 Å². The van der Waals surface area contributed by atoms with Crippen molar-refractivity contribution in [3.05, 3.63) is 78.4 Å². The van der Waals surface area contributed by atoms with E-state index in [1.165, 1.54) is 6.26 Å². The van der Waals surface area contributed by atoms with Crippen molar-refractivity contribution in [2.24, 2.45) is 13.0 Å². The zero-order chi connectivity index (χ0) is 27.5. The minimum Gasteiger partial charge on any atom is -0.333 e. The Bertz CT molecular complexity index is 1780. The van der Waals surface area contributed by atoms with Gasteiger partial charge in [-0.3, -0.25) is 4.98 Å². The van der Waals surface area contributed by atoms with Gasteiger partial charge in [0.2, 0.25) is 5.92 Å². The molecule has 0 N–H and O–H groups in total. The summed E-state index contributed by atoms with van der Waals surface area (Å²) in [6, 6.07) is 16.8. The smallest absolute Gasteiger partial charge is 0.248 e. The van der Waals surface area contributed by atoms with Crippen molar-refractivity contribution >= 4 is 31.8 Å². The first-order valence-electron chi connectivity index (χ1n) is 13.1. The van der Waals surface area contributed by atoms with E-state index in [4.69, 9.17) is 4.98 Å². The van der Waals surface area contributed by atoms with E-state index in [-0.39, 0.29) is 29.7 Å². The molecule has 1 atom stereocenters. The molecule has 0 amide bonds. The van der Waals surface area contributed by atoms with Gasteiger partial charge in [0.25, 0.3) is 0 Å². The molecule has 1 aliphatic carbocycles. The number of benzene rings is 2. The Labute approximate surface area is 226 Å². The molecule has 202 valence electrons. The summed E-state index contributed by atoms with van der Waals surface area (Å²) in [4.78, 5) is 9.52. The summed E-state index contributed by atoms with van der Waals surface area (Å²) >= 11 is 0. The number of imidazole rings is 1. The summed E-state index contributed by atoms with van der Waals surface area (Å²) in [5.74, 6) is -2.72. The molecule has 3 aromatic heterocycles. The number of hydrogen-bond acceptors (Lipinski definition) is 4. The molecule has 1 saturated carbocycles. The highest BCUT2D eigenvalue weighted by atomic mass is 32.2. The van der Waals surface area contributed by atoms with E-state index in [0.29, 0.717) is 12.8 Å². The van der Waals surface area contributed by atoms with E-state index < -0.39 is 15.8 Å². The SMILES string of the molecule is Cc1ncn(C)c1-c1cnc2c3ccc(S(C)(=O)=O)cc3n(C(c3ccccc3)C3CCC(F)(F)CC3)c2c1. The monoisotopic (exact) mass is 548 g/mol. The zero-order valence-electron chi connectivity index (χ0n) is 22.1. The molecular formula is C30H30F2N4O2S. The molecule has 9 heteroatoms. The Morgan fingerprint density at radius 2 is 1.72 bits per heavy atom. The first kappa shape index (κ1) is 25.7. The van der Waals surface area contributed by atoms with Crippen molar-refractivity contribution < 1.29 is 17.2 Å². The number of aryl methyl sites for hydroxylation is 2. The molecule has 0 spiro atoms. The normalized spacial score (nSPS) is 17.2. The Kier molecular flexibility index (Phi) is 6.10. The van der Waals surface area contributed by atoms with Crippen molar-refractivity contribution in [1.29, 1.82) is 0 Å². The van der Waals surface area contributed by atoms with E-state index in [9.17, 15) is 17.2 Å². The standard InChI is InChI=1S/C30H30F2N4O2S/c1-19-28(35(2)18-34-19)22-15-26-27(33-17-22)24-10-9-23(39(3,37)38)16-25(24)36(26)29(20-7-5-4-6-8-20)21-11-13-30(31,32)14-12-21/h4-10,15-18,21,29H,11-14H2,1-3H3. The summed E-state index contributed by atoms with van der Waals surface area (Å²) in [5, 5.41) is 0.827. The van der Waals surface area contributed by atoms with Gasteiger partial charge in [-0.2, -0.15) is 0 Å². The van der Waals surface area contributed by atoms with E-state index >= 15 is 0 Å². The molecule has 1 unspecified atom stereocenters. The van der Waals surface area contributed by atoms with Crippen molar-refractivity contribution in [2.75, 3.05) is 6.26 Å². The van der Waals surface area contributed by atoms with Gasteiger partial charge in [0.05, 0.1) is 45.2 Å². The minimum absolute atomic E-state index is 0.0604. The second-order valence-electron chi connectivity index (χ2n) is 10.8.